The van der Waals surface area contributed by atoms with Crippen LogP contribution < -0.4 is 10.2 Å². The van der Waals surface area contributed by atoms with E-state index < -0.39 is 0 Å². The molecule has 0 spiro atoms. The molecule has 2 amide bonds. The molecule has 1 heterocycles. The summed E-state index contributed by atoms with van der Waals surface area (Å²) in [6.45, 7) is 8.75. The molecule has 0 radical (unpaired) electrons. The zero-order chi connectivity index (χ0) is 19.6. The fraction of sp³-hybridized carbons (Fsp3) is 0.391. The van der Waals surface area contributed by atoms with Gasteiger partial charge in [-0.3, -0.25) is 9.59 Å². The van der Waals surface area contributed by atoms with Crippen LogP contribution in [0.5, 0.6) is 0 Å². The van der Waals surface area contributed by atoms with Gasteiger partial charge in [-0.1, -0.05) is 57.2 Å². The topological polar surface area (TPSA) is 49.4 Å². The molecule has 1 saturated heterocycles. The molecule has 2 aromatic carbocycles. The fourth-order valence-corrected chi connectivity index (χ4v) is 3.76. The van der Waals surface area contributed by atoms with Gasteiger partial charge in [0, 0.05) is 24.3 Å². The Hall–Kier alpha value is -2.62. The summed E-state index contributed by atoms with van der Waals surface area (Å²) in [4.78, 5) is 27.3. The van der Waals surface area contributed by atoms with Gasteiger partial charge in [0.2, 0.25) is 11.8 Å². The van der Waals surface area contributed by atoms with Crippen molar-refractivity contribution < 1.29 is 9.59 Å². The first-order chi connectivity index (χ1) is 12.9. The molecule has 1 atom stereocenters. The lowest BCUT2D eigenvalue weighted by atomic mass is 10.0. The molecule has 1 unspecified atom stereocenters. The summed E-state index contributed by atoms with van der Waals surface area (Å²) in [6, 6.07) is 14.0. The summed E-state index contributed by atoms with van der Waals surface area (Å²) < 4.78 is 0. The van der Waals surface area contributed by atoms with E-state index in [1.165, 1.54) is 0 Å². The minimum atomic E-state index is -0.331. The maximum Gasteiger partial charge on any atom is 0.229 e. The van der Waals surface area contributed by atoms with Crippen molar-refractivity contribution in [3.63, 3.8) is 0 Å². The second-order valence-electron chi connectivity index (χ2n) is 7.57. The molecule has 0 saturated carbocycles. The van der Waals surface area contributed by atoms with Gasteiger partial charge < -0.3 is 10.2 Å². The van der Waals surface area contributed by atoms with E-state index in [-0.39, 0.29) is 24.2 Å². The number of aryl methyl sites for hydroxylation is 2. The second kappa shape index (κ2) is 7.95. The monoisotopic (exact) mass is 364 g/mol. The van der Waals surface area contributed by atoms with Gasteiger partial charge in [-0.15, -0.1) is 0 Å². The van der Waals surface area contributed by atoms with Crippen LogP contribution in [-0.2, 0) is 16.0 Å². The average Bonchev–Trinajstić information content (AvgIpc) is 3.05. The molecule has 4 nitrogen and oxygen atoms in total. The first kappa shape index (κ1) is 19.2. The summed E-state index contributed by atoms with van der Waals surface area (Å²) in [7, 11) is 0. The van der Waals surface area contributed by atoms with Gasteiger partial charge in [0.1, 0.15) is 0 Å². The summed E-state index contributed by atoms with van der Waals surface area (Å²) in [5.74, 6) is -0.0661. The molecule has 4 heteroatoms. The summed E-state index contributed by atoms with van der Waals surface area (Å²) in [5, 5.41) is 3.08. The third kappa shape index (κ3) is 3.90. The number of nitrogens with zero attached hydrogens (tertiary/aromatic N) is 1. The van der Waals surface area contributed by atoms with Crippen LogP contribution in [0.4, 0.5) is 11.4 Å². The largest absolute Gasteiger partial charge is 0.325 e. The van der Waals surface area contributed by atoms with Gasteiger partial charge in [0.05, 0.1) is 5.92 Å². The van der Waals surface area contributed by atoms with Crippen molar-refractivity contribution in [2.75, 3.05) is 16.8 Å². The number of anilines is 2. The van der Waals surface area contributed by atoms with Gasteiger partial charge in [-0.2, -0.15) is 0 Å². The zero-order valence-corrected chi connectivity index (χ0v) is 16.6. The molecule has 1 fully saturated rings. The van der Waals surface area contributed by atoms with E-state index in [9.17, 15) is 9.59 Å². The van der Waals surface area contributed by atoms with E-state index >= 15 is 0 Å². The number of amides is 2. The van der Waals surface area contributed by atoms with Crippen molar-refractivity contribution in [2.45, 2.75) is 46.5 Å². The maximum atomic E-state index is 12.9. The Morgan fingerprint density at radius 1 is 1.19 bits per heavy atom. The highest BCUT2D eigenvalue weighted by atomic mass is 16.2. The van der Waals surface area contributed by atoms with Crippen molar-refractivity contribution >= 4 is 23.2 Å². The molecule has 0 aliphatic carbocycles. The van der Waals surface area contributed by atoms with E-state index in [0.717, 1.165) is 34.5 Å². The first-order valence-electron chi connectivity index (χ1n) is 9.71. The molecule has 0 bridgehead atoms. The minimum Gasteiger partial charge on any atom is -0.325 e. The summed E-state index contributed by atoms with van der Waals surface area (Å²) in [6.07, 6.45) is 1.11. The van der Waals surface area contributed by atoms with E-state index in [1.54, 1.807) is 4.90 Å². The molecular weight excluding hydrogens is 336 g/mol. The molecule has 1 N–H and O–H groups in total. The third-order valence-electron chi connectivity index (χ3n) is 5.33. The molecule has 0 aromatic heterocycles. The Kier molecular flexibility index (Phi) is 5.64. The predicted octanol–water partition coefficient (Wildman–Crippen LogP) is 4.67. The van der Waals surface area contributed by atoms with Crippen molar-refractivity contribution in [2.24, 2.45) is 5.92 Å². The van der Waals surface area contributed by atoms with E-state index in [0.29, 0.717) is 12.5 Å². The Labute approximate surface area is 161 Å². The van der Waals surface area contributed by atoms with Crippen LogP contribution in [-0.4, -0.2) is 18.4 Å². The van der Waals surface area contributed by atoms with Crippen LogP contribution in [0.3, 0.4) is 0 Å². The normalized spacial score (nSPS) is 16.9. The van der Waals surface area contributed by atoms with Gasteiger partial charge in [0.25, 0.3) is 0 Å². The van der Waals surface area contributed by atoms with Crippen molar-refractivity contribution in [3.05, 3.63) is 59.2 Å². The molecule has 1 aliphatic heterocycles. The third-order valence-corrected chi connectivity index (χ3v) is 5.33. The second-order valence-corrected chi connectivity index (χ2v) is 7.57. The summed E-state index contributed by atoms with van der Waals surface area (Å²) >= 11 is 0. The van der Waals surface area contributed by atoms with Crippen LogP contribution in [0.25, 0.3) is 0 Å². The van der Waals surface area contributed by atoms with E-state index in [2.05, 4.69) is 32.2 Å². The Balaban J connectivity index is 1.79. The lowest BCUT2D eigenvalue weighted by Gasteiger charge is -2.22. The van der Waals surface area contributed by atoms with Crippen LogP contribution in [0, 0.1) is 12.8 Å². The van der Waals surface area contributed by atoms with E-state index in [4.69, 9.17) is 0 Å². The van der Waals surface area contributed by atoms with Crippen molar-refractivity contribution in [3.8, 4) is 0 Å². The van der Waals surface area contributed by atoms with Crippen LogP contribution in [0.2, 0.25) is 0 Å². The SMILES string of the molecule is CCc1cccc(C)c1NC(=O)C1CC(=O)N(c2ccccc2C(C)C)C1. The van der Waals surface area contributed by atoms with Crippen LogP contribution in [0.1, 0.15) is 49.8 Å². The number of para-hydroxylation sites is 2. The Morgan fingerprint density at radius 2 is 1.93 bits per heavy atom. The minimum absolute atomic E-state index is 0.0174. The molecule has 27 heavy (non-hydrogen) atoms. The maximum absolute atomic E-state index is 12.9. The number of nitrogens with one attached hydrogen (secondary N) is 1. The first-order valence-corrected chi connectivity index (χ1v) is 9.71. The Morgan fingerprint density at radius 3 is 2.63 bits per heavy atom. The number of hydrogen-bond acceptors (Lipinski definition) is 2. The number of hydrogen-bond donors (Lipinski definition) is 1. The van der Waals surface area contributed by atoms with Crippen LogP contribution in [0.15, 0.2) is 42.5 Å². The smallest absolute Gasteiger partial charge is 0.229 e. The predicted molar refractivity (Wildman–Crippen MR) is 110 cm³/mol. The number of benzene rings is 2. The van der Waals surface area contributed by atoms with E-state index in [1.807, 2.05) is 43.3 Å². The number of rotatable bonds is 5. The van der Waals surface area contributed by atoms with Crippen molar-refractivity contribution in [1.82, 2.24) is 0 Å². The quantitative estimate of drug-likeness (QED) is 0.838. The number of carbonyl (C=O) groups excluding carboxylic acids is 2. The highest BCUT2D eigenvalue weighted by Gasteiger charge is 2.36. The zero-order valence-electron chi connectivity index (χ0n) is 16.6. The molecule has 3 rings (SSSR count). The lowest BCUT2D eigenvalue weighted by Crippen LogP contribution is -2.29. The summed E-state index contributed by atoms with van der Waals surface area (Å²) in [5.41, 5.74) is 5.12. The van der Waals surface area contributed by atoms with Crippen LogP contribution >= 0.6 is 0 Å². The van der Waals surface area contributed by atoms with Crippen molar-refractivity contribution in [1.29, 1.82) is 0 Å². The lowest BCUT2D eigenvalue weighted by molar-refractivity contribution is -0.122. The fourth-order valence-electron chi connectivity index (χ4n) is 3.76. The molecular formula is C23H28N2O2. The highest BCUT2D eigenvalue weighted by molar-refractivity contribution is 6.04. The Bertz CT molecular complexity index is 857. The highest BCUT2D eigenvalue weighted by Crippen LogP contribution is 2.33. The molecule has 1 aliphatic rings. The van der Waals surface area contributed by atoms with Gasteiger partial charge >= 0.3 is 0 Å². The van der Waals surface area contributed by atoms with Gasteiger partial charge in [-0.25, -0.2) is 0 Å². The van der Waals surface area contributed by atoms with Gasteiger partial charge in [-0.05, 0) is 42.0 Å². The number of carbonyl (C=O) groups is 2. The van der Waals surface area contributed by atoms with Gasteiger partial charge in [0.15, 0.2) is 0 Å². The molecule has 2 aromatic rings. The molecule has 142 valence electrons. The average molecular weight is 364 g/mol. The standard InChI is InChI=1S/C23H28N2O2/c1-5-17-10-8-9-16(4)22(17)24-23(27)18-13-21(26)25(14-18)20-12-7-6-11-19(20)15(2)3/h6-12,15,18H,5,13-14H2,1-4H3,(H,24,27).